The SMILES string of the molecule is C[C@H]1CCCC[C@@H]1NC(=O)/C(C#N)=C/c1cccc(O)c1. The van der Waals surface area contributed by atoms with Gasteiger partial charge in [0.15, 0.2) is 0 Å². The van der Waals surface area contributed by atoms with E-state index < -0.39 is 0 Å². The monoisotopic (exact) mass is 284 g/mol. The minimum atomic E-state index is -0.334. The number of carbonyl (C=O) groups is 1. The van der Waals surface area contributed by atoms with Gasteiger partial charge in [0, 0.05) is 6.04 Å². The molecule has 0 unspecified atom stereocenters. The van der Waals surface area contributed by atoms with E-state index in [9.17, 15) is 15.2 Å². The molecule has 4 heteroatoms. The van der Waals surface area contributed by atoms with Crippen molar-refractivity contribution in [3.63, 3.8) is 0 Å². The minimum absolute atomic E-state index is 0.0679. The Morgan fingerprint density at radius 2 is 2.19 bits per heavy atom. The van der Waals surface area contributed by atoms with Gasteiger partial charge in [-0.05, 0) is 42.5 Å². The van der Waals surface area contributed by atoms with Gasteiger partial charge in [0.05, 0.1) is 0 Å². The van der Waals surface area contributed by atoms with Crippen molar-refractivity contribution in [2.75, 3.05) is 0 Å². The predicted molar refractivity (Wildman–Crippen MR) is 81.3 cm³/mol. The van der Waals surface area contributed by atoms with Crippen molar-refractivity contribution < 1.29 is 9.90 Å². The molecule has 4 nitrogen and oxygen atoms in total. The zero-order valence-corrected chi connectivity index (χ0v) is 12.2. The molecule has 2 atom stereocenters. The van der Waals surface area contributed by atoms with Gasteiger partial charge in [-0.15, -0.1) is 0 Å². The number of hydrogen-bond donors (Lipinski definition) is 2. The summed E-state index contributed by atoms with van der Waals surface area (Å²) in [5.41, 5.74) is 0.705. The number of phenols is 1. The Balaban J connectivity index is 2.10. The van der Waals surface area contributed by atoms with E-state index in [-0.39, 0.29) is 23.3 Å². The maximum Gasteiger partial charge on any atom is 0.262 e. The fraction of sp³-hybridized carbons (Fsp3) is 0.412. The lowest BCUT2D eigenvalue weighted by molar-refractivity contribution is -0.118. The van der Waals surface area contributed by atoms with Crippen LogP contribution in [0.1, 0.15) is 38.2 Å². The highest BCUT2D eigenvalue weighted by atomic mass is 16.3. The number of nitriles is 1. The molecule has 0 heterocycles. The zero-order chi connectivity index (χ0) is 15.2. The number of benzene rings is 1. The fourth-order valence-electron chi connectivity index (χ4n) is 2.71. The lowest BCUT2D eigenvalue weighted by Gasteiger charge is -2.29. The Morgan fingerprint density at radius 3 is 2.86 bits per heavy atom. The molecule has 1 aliphatic carbocycles. The minimum Gasteiger partial charge on any atom is -0.508 e. The molecule has 2 N–H and O–H groups in total. The van der Waals surface area contributed by atoms with Gasteiger partial charge in [0.1, 0.15) is 17.4 Å². The summed E-state index contributed by atoms with van der Waals surface area (Å²) < 4.78 is 0. The van der Waals surface area contributed by atoms with Crippen LogP contribution in [0.25, 0.3) is 6.08 Å². The summed E-state index contributed by atoms with van der Waals surface area (Å²) in [5.74, 6) is 0.227. The molecule has 1 aromatic carbocycles. The molecule has 0 spiro atoms. The van der Waals surface area contributed by atoms with Gasteiger partial charge < -0.3 is 10.4 Å². The highest BCUT2D eigenvalue weighted by Crippen LogP contribution is 2.24. The molecule has 110 valence electrons. The van der Waals surface area contributed by atoms with E-state index in [1.165, 1.54) is 18.6 Å². The largest absolute Gasteiger partial charge is 0.508 e. The standard InChI is InChI=1S/C17H20N2O2/c1-12-5-2-3-8-16(12)19-17(21)14(11-18)9-13-6-4-7-15(20)10-13/h4,6-7,9-10,12,16,20H,2-3,5,8H2,1H3,(H,19,21)/b14-9+/t12-,16-/m0/s1. The molecule has 2 rings (SSSR count). The Labute approximate surface area is 125 Å². The lowest BCUT2D eigenvalue weighted by Crippen LogP contribution is -2.41. The van der Waals surface area contributed by atoms with Crippen molar-refractivity contribution in [2.45, 2.75) is 38.6 Å². The summed E-state index contributed by atoms with van der Waals surface area (Å²) in [4.78, 5) is 12.2. The molecule has 1 aromatic rings. The Kier molecular flexibility index (Phi) is 4.99. The van der Waals surface area contributed by atoms with Gasteiger partial charge in [-0.2, -0.15) is 5.26 Å². The predicted octanol–water partition coefficient (Wildman–Crippen LogP) is 2.99. The van der Waals surface area contributed by atoms with E-state index in [1.807, 2.05) is 6.07 Å². The molecule has 0 aromatic heterocycles. The van der Waals surface area contributed by atoms with Gasteiger partial charge in [-0.3, -0.25) is 4.79 Å². The van der Waals surface area contributed by atoms with Crippen LogP contribution < -0.4 is 5.32 Å². The third-order valence-corrected chi connectivity index (χ3v) is 3.97. The summed E-state index contributed by atoms with van der Waals surface area (Å²) in [7, 11) is 0. The molecule has 0 aliphatic heterocycles. The summed E-state index contributed by atoms with van der Waals surface area (Å²) in [5, 5.41) is 21.6. The van der Waals surface area contributed by atoms with Crippen LogP contribution in [0.4, 0.5) is 0 Å². The average molecular weight is 284 g/mol. The molecular weight excluding hydrogens is 264 g/mol. The normalized spacial score (nSPS) is 22.4. The summed E-state index contributed by atoms with van der Waals surface area (Å²) >= 11 is 0. The number of rotatable bonds is 3. The third kappa shape index (κ3) is 4.09. The number of aromatic hydroxyl groups is 1. The molecule has 21 heavy (non-hydrogen) atoms. The number of nitrogens with zero attached hydrogens (tertiary/aromatic N) is 1. The van der Waals surface area contributed by atoms with Crippen LogP contribution in [-0.2, 0) is 4.79 Å². The van der Waals surface area contributed by atoms with Gasteiger partial charge in [-0.25, -0.2) is 0 Å². The van der Waals surface area contributed by atoms with Crippen LogP contribution in [0.2, 0.25) is 0 Å². The van der Waals surface area contributed by atoms with E-state index in [2.05, 4.69) is 12.2 Å². The van der Waals surface area contributed by atoms with Crippen molar-refractivity contribution in [3.05, 3.63) is 35.4 Å². The molecule has 0 radical (unpaired) electrons. The van der Waals surface area contributed by atoms with Crippen molar-refractivity contribution in [2.24, 2.45) is 5.92 Å². The fourth-order valence-corrected chi connectivity index (χ4v) is 2.71. The third-order valence-electron chi connectivity index (χ3n) is 3.97. The van der Waals surface area contributed by atoms with Crippen molar-refractivity contribution in [3.8, 4) is 11.8 Å². The Bertz CT molecular complexity index is 587. The highest BCUT2D eigenvalue weighted by Gasteiger charge is 2.23. The first-order valence-electron chi connectivity index (χ1n) is 7.32. The van der Waals surface area contributed by atoms with Gasteiger partial charge in [0.2, 0.25) is 0 Å². The van der Waals surface area contributed by atoms with Crippen LogP contribution >= 0.6 is 0 Å². The molecule has 1 fully saturated rings. The summed E-state index contributed by atoms with van der Waals surface area (Å²) in [6.45, 7) is 2.13. The van der Waals surface area contributed by atoms with E-state index in [0.717, 1.165) is 19.3 Å². The van der Waals surface area contributed by atoms with Crippen molar-refractivity contribution in [1.29, 1.82) is 5.26 Å². The molecule has 1 amide bonds. The number of amides is 1. The quantitative estimate of drug-likeness (QED) is 0.662. The van der Waals surface area contributed by atoms with Crippen molar-refractivity contribution in [1.82, 2.24) is 5.32 Å². The molecule has 1 aliphatic rings. The second-order valence-corrected chi connectivity index (χ2v) is 5.61. The van der Waals surface area contributed by atoms with Crippen LogP contribution in [0.15, 0.2) is 29.8 Å². The topological polar surface area (TPSA) is 73.1 Å². The molecule has 1 saturated carbocycles. The zero-order valence-electron chi connectivity index (χ0n) is 12.2. The van der Waals surface area contributed by atoms with Crippen LogP contribution in [0, 0.1) is 17.2 Å². The number of phenolic OH excluding ortho intramolecular Hbond substituents is 1. The van der Waals surface area contributed by atoms with Crippen molar-refractivity contribution >= 4 is 12.0 Å². The average Bonchev–Trinajstić information content (AvgIpc) is 2.47. The first-order valence-corrected chi connectivity index (χ1v) is 7.32. The highest BCUT2D eigenvalue weighted by molar-refractivity contribution is 6.01. The molecular formula is C17H20N2O2. The van der Waals surface area contributed by atoms with Gasteiger partial charge in [0.25, 0.3) is 5.91 Å². The first kappa shape index (κ1) is 15.1. The molecule has 0 saturated heterocycles. The van der Waals surface area contributed by atoms with Crippen LogP contribution in [-0.4, -0.2) is 17.1 Å². The van der Waals surface area contributed by atoms with E-state index in [1.54, 1.807) is 18.2 Å². The first-order chi connectivity index (χ1) is 10.1. The maximum absolute atomic E-state index is 12.2. The molecule has 0 bridgehead atoms. The maximum atomic E-state index is 12.2. The number of nitrogens with one attached hydrogen (secondary N) is 1. The Morgan fingerprint density at radius 1 is 1.43 bits per heavy atom. The van der Waals surface area contributed by atoms with E-state index >= 15 is 0 Å². The smallest absolute Gasteiger partial charge is 0.262 e. The lowest BCUT2D eigenvalue weighted by atomic mass is 9.86. The van der Waals surface area contributed by atoms with E-state index in [0.29, 0.717) is 11.5 Å². The van der Waals surface area contributed by atoms with E-state index in [4.69, 9.17) is 0 Å². The van der Waals surface area contributed by atoms with Crippen LogP contribution in [0.3, 0.4) is 0 Å². The number of carbonyl (C=O) groups excluding carboxylic acids is 1. The Hall–Kier alpha value is -2.28. The summed E-state index contributed by atoms with van der Waals surface area (Å²) in [6, 6.07) is 8.58. The second-order valence-electron chi connectivity index (χ2n) is 5.61. The van der Waals surface area contributed by atoms with Gasteiger partial charge in [-0.1, -0.05) is 31.9 Å². The van der Waals surface area contributed by atoms with Gasteiger partial charge >= 0.3 is 0 Å². The number of hydrogen-bond acceptors (Lipinski definition) is 3. The second kappa shape index (κ2) is 6.94. The summed E-state index contributed by atoms with van der Waals surface area (Å²) in [6.07, 6.45) is 5.91. The van der Waals surface area contributed by atoms with Crippen LogP contribution in [0.5, 0.6) is 5.75 Å².